The minimum atomic E-state index is -0.749. The molecule has 1 saturated carbocycles. The topological polar surface area (TPSA) is 123 Å². The summed E-state index contributed by atoms with van der Waals surface area (Å²) >= 11 is 1.49. The number of hydrogen-bond donors (Lipinski definition) is 0. The van der Waals surface area contributed by atoms with Gasteiger partial charge in [-0.2, -0.15) is 5.16 Å². The number of carbonyl (C=O) groups excluding carboxylic acids is 1. The van der Waals surface area contributed by atoms with Crippen LogP contribution in [0.2, 0.25) is 0 Å². The van der Waals surface area contributed by atoms with Crippen LogP contribution in [-0.4, -0.2) is 25.1 Å². The summed E-state index contributed by atoms with van der Waals surface area (Å²) in [7, 11) is 0. The number of thiophene rings is 1. The van der Waals surface area contributed by atoms with Gasteiger partial charge >= 0.3 is 5.69 Å². The van der Waals surface area contributed by atoms with Gasteiger partial charge in [-0.25, -0.2) is 9.78 Å². The van der Waals surface area contributed by atoms with E-state index in [-0.39, 0.29) is 32.1 Å². The van der Waals surface area contributed by atoms with Crippen molar-refractivity contribution in [1.29, 1.82) is 0 Å². The van der Waals surface area contributed by atoms with Crippen LogP contribution >= 0.6 is 11.3 Å². The Morgan fingerprint density at radius 3 is 2.34 bits per heavy atom. The van der Waals surface area contributed by atoms with Crippen LogP contribution in [0.4, 0.5) is 0 Å². The van der Waals surface area contributed by atoms with Crippen molar-refractivity contribution in [3.8, 4) is 28.6 Å². The van der Waals surface area contributed by atoms with Crippen LogP contribution in [0.1, 0.15) is 57.4 Å². The maximum Gasteiger partial charge on any atom is 0.332 e. The molecule has 212 valence electrons. The van der Waals surface area contributed by atoms with Crippen molar-refractivity contribution in [2.24, 2.45) is 5.41 Å². The lowest BCUT2D eigenvalue weighted by atomic mass is 9.91. The third-order valence-corrected chi connectivity index (χ3v) is 8.53. The molecular formula is C31H31N4O5S-. The largest absolute Gasteiger partial charge is 0.528 e. The lowest BCUT2D eigenvalue weighted by Crippen LogP contribution is -2.43. The van der Waals surface area contributed by atoms with E-state index in [4.69, 9.17) is 0 Å². The second kappa shape index (κ2) is 10.6. The minimum Gasteiger partial charge on any atom is -0.528 e. The van der Waals surface area contributed by atoms with E-state index in [2.05, 4.69) is 14.7 Å². The number of ketones is 1. The summed E-state index contributed by atoms with van der Waals surface area (Å²) in [5.74, 6) is 0.472. The van der Waals surface area contributed by atoms with Crippen LogP contribution in [0.3, 0.4) is 0 Å². The van der Waals surface area contributed by atoms with E-state index >= 15 is 0 Å². The molecule has 0 radical (unpaired) electrons. The van der Waals surface area contributed by atoms with Gasteiger partial charge in [0.2, 0.25) is 0 Å². The van der Waals surface area contributed by atoms with Gasteiger partial charge in [0.15, 0.2) is 17.7 Å². The molecule has 0 spiro atoms. The number of aromatic nitrogens is 4. The summed E-state index contributed by atoms with van der Waals surface area (Å²) in [6, 6.07) is 17.1. The Labute approximate surface area is 240 Å². The molecule has 41 heavy (non-hydrogen) atoms. The van der Waals surface area contributed by atoms with Gasteiger partial charge in [-0.15, -0.1) is 11.3 Å². The highest BCUT2D eigenvalue weighted by molar-refractivity contribution is 7.18. The van der Waals surface area contributed by atoms with E-state index in [1.807, 2.05) is 54.6 Å². The Morgan fingerprint density at radius 2 is 1.73 bits per heavy atom. The summed E-state index contributed by atoms with van der Waals surface area (Å²) in [5.41, 5.74) is 1.66. The van der Waals surface area contributed by atoms with Gasteiger partial charge in [-0.3, -0.25) is 18.7 Å². The summed E-state index contributed by atoms with van der Waals surface area (Å²) in [6.07, 6.45) is 1.41. The van der Waals surface area contributed by atoms with Gasteiger partial charge < -0.3 is 9.63 Å². The standard InChI is InChI=1S/C30H28N4O5S.CH4/c1-30(2,3)24(35)16-33-26(36)22-14-23(19-12-13-19)40-27(22)34(29(33)38)15-17-8-10-18(11-9-17)20-6-4-5-7-21(20)25-31-28(37)39-32-25;/h4-11,14,19H,12-13,15-16H2,1-3H3,(H,31,32,37);1H4/p-1. The van der Waals surface area contributed by atoms with E-state index in [0.717, 1.165) is 39.0 Å². The molecule has 0 aliphatic heterocycles. The molecule has 1 aliphatic rings. The van der Waals surface area contributed by atoms with E-state index in [1.165, 1.54) is 11.3 Å². The first-order valence-electron chi connectivity index (χ1n) is 13.1. The normalized spacial score (nSPS) is 13.3. The molecule has 0 amide bonds. The average Bonchev–Trinajstić information content (AvgIpc) is 3.54. The Hall–Kier alpha value is -4.31. The molecule has 1 aliphatic carbocycles. The number of fused-ring (bicyclic) bond motifs is 1. The first-order valence-corrected chi connectivity index (χ1v) is 13.9. The first-order chi connectivity index (χ1) is 19.1. The van der Waals surface area contributed by atoms with Crippen LogP contribution in [-0.2, 0) is 17.9 Å². The molecular weight excluding hydrogens is 540 g/mol. The molecule has 3 aromatic heterocycles. The lowest BCUT2D eigenvalue weighted by Gasteiger charge is -2.18. The predicted molar refractivity (Wildman–Crippen MR) is 157 cm³/mol. The van der Waals surface area contributed by atoms with Crippen molar-refractivity contribution in [1.82, 2.24) is 19.3 Å². The molecule has 0 saturated heterocycles. The van der Waals surface area contributed by atoms with Crippen molar-refractivity contribution in [2.45, 2.75) is 60.0 Å². The highest BCUT2D eigenvalue weighted by Gasteiger charge is 2.29. The highest BCUT2D eigenvalue weighted by atomic mass is 32.1. The zero-order valence-electron chi connectivity index (χ0n) is 22.3. The van der Waals surface area contributed by atoms with E-state index < -0.39 is 22.7 Å². The van der Waals surface area contributed by atoms with Crippen molar-refractivity contribution in [2.75, 3.05) is 0 Å². The Kier molecular flexibility index (Phi) is 7.29. The molecule has 0 unspecified atom stereocenters. The third-order valence-electron chi connectivity index (χ3n) is 7.21. The van der Waals surface area contributed by atoms with Crippen LogP contribution in [0.5, 0.6) is 6.08 Å². The van der Waals surface area contributed by atoms with E-state index in [1.54, 1.807) is 25.3 Å². The van der Waals surface area contributed by atoms with Crippen molar-refractivity contribution in [3.05, 3.63) is 85.9 Å². The van der Waals surface area contributed by atoms with Gasteiger partial charge in [0.05, 0.1) is 18.5 Å². The molecule has 6 rings (SSSR count). The number of benzene rings is 2. The number of rotatable bonds is 7. The second-order valence-corrected chi connectivity index (χ2v) is 12.3. The van der Waals surface area contributed by atoms with Crippen LogP contribution in [0, 0.1) is 5.41 Å². The van der Waals surface area contributed by atoms with Crippen molar-refractivity contribution in [3.63, 3.8) is 0 Å². The van der Waals surface area contributed by atoms with Gasteiger partial charge in [0.1, 0.15) is 4.83 Å². The SMILES string of the molecule is C.CC(C)(C)C(=O)Cn1c(=O)c2cc(C3CC3)sc2n(Cc2ccc(-c3ccccc3-c3noc([O-])n3)cc2)c1=O. The molecule has 0 bridgehead atoms. The zero-order chi connectivity index (χ0) is 28.2. The molecule has 5 aromatic rings. The van der Waals surface area contributed by atoms with Gasteiger partial charge in [-0.05, 0) is 41.5 Å². The Morgan fingerprint density at radius 1 is 1.05 bits per heavy atom. The van der Waals surface area contributed by atoms with Crippen molar-refractivity contribution >= 4 is 27.3 Å². The molecule has 2 aromatic carbocycles. The Bertz CT molecular complexity index is 1870. The molecule has 0 N–H and O–H groups in total. The van der Waals surface area contributed by atoms with Crippen LogP contribution < -0.4 is 16.4 Å². The molecule has 0 atom stereocenters. The highest BCUT2D eigenvalue weighted by Crippen LogP contribution is 2.44. The molecule has 3 heterocycles. The van der Waals surface area contributed by atoms with Gasteiger partial charge in [0, 0.05) is 15.9 Å². The van der Waals surface area contributed by atoms with E-state index in [0.29, 0.717) is 21.7 Å². The fourth-order valence-corrected chi connectivity index (χ4v) is 5.98. The summed E-state index contributed by atoms with van der Waals surface area (Å²) in [4.78, 5) is 45.5. The van der Waals surface area contributed by atoms with E-state index in [9.17, 15) is 19.5 Å². The van der Waals surface area contributed by atoms with Crippen LogP contribution in [0.25, 0.3) is 32.7 Å². The zero-order valence-corrected chi connectivity index (χ0v) is 23.2. The molecule has 1 fully saturated rings. The number of Topliss-reactive ketones (excluding diaryl/α,β-unsaturated/α-hetero) is 1. The Balaban J connectivity index is 0.00000337. The van der Waals surface area contributed by atoms with Crippen LogP contribution in [0.15, 0.2) is 68.7 Å². The first kappa shape index (κ1) is 28.2. The fourth-order valence-electron chi connectivity index (χ4n) is 4.67. The average molecular weight is 572 g/mol. The third kappa shape index (κ3) is 5.39. The maximum atomic E-state index is 13.7. The maximum absolute atomic E-state index is 13.7. The van der Waals surface area contributed by atoms with Crippen molar-refractivity contribution < 1.29 is 14.4 Å². The van der Waals surface area contributed by atoms with Gasteiger partial charge in [-0.1, -0.05) is 76.7 Å². The number of hydrogen-bond acceptors (Lipinski definition) is 8. The summed E-state index contributed by atoms with van der Waals surface area (Å²) in [6.45, 7) is 5.33. The smallest absolute Gasteiger partial charge is 0.332 e. The lowest BCUT2D eigenvalue weighted by molar-refractivity contribution is -0.303. The molecule has 10 heteroatoms. The summed E-state index contributed by atoms with van der Waals surface area (Å²) < 4.78 is 7.32. The number of nitrogens with zero attached hydrogens (tertiary/aromatic N) is 4. The minimum absolute atomic E-state index is 0. The quantitative estimate of drug-likeness (QED) is 0.263. The molecule has 9 nitrogen and oxygen atoms in total. The fraction of sp³-hybridized carbons (Fsp3) is 0.323. The predicted octanol–water partition coefficient (Wildman–Crippen LogP) is 5.19. The summed E-state index contributed by atoms with van der Waals surface area (Å²) in [5, 5.41) is 15.7. The second-order valence-electron chi connectivity index (χ2n) is 11.2. The monoisotopic (exact) mass is 571 g/mol. The number of carbonyl (C=O) groups is 1. The van der Waals surface area contributed by atoms with Gasteiger partial charge in [0.25, 0.3) is 5.56 Å².